The molecule has 1 N–H and O–H groups in total. The second kappa shape index (κ2) is 6.66. The summed E-state index contributed by atoms with van der Waals surface area (Å²) in [5.41, 5.74) is 6.75. The summed E-state index contributed by atoms with van der Waals surface area (Å²) in [4.78, 5) is 3.11. The molecule has 2 nitrogen and oxygen atoms in total. The summed E-state index contributed by atoms with van der Waals surface area (Å²) in [6.45, 7) is 0. The van der Waals surface area contributed by atoms with Gasteiger partial charge in [0.2, 0.25) is 0 Å². The maximum Gasteiger partial charge on any atom is 0.126 e. The molecule has 2 aromatic heterocycles. The lowest BCUT2D eigenvalue weighted by Crippen LogP contribution is -1.92. The van der Waals surface area contributed by atoms with Gasteiger partial charge in [-0.1, -0.05) is 71.7 Å². The van der Waals surface area contributed by atoms with Gasteiger partial charge in [-0.3, -0.25) is 0 Å². The zero-order valence-electron chi connectivity index (χ0n) is 15.9. The summed E-state index contributed by atoms with van der Waals surface area (Å²) < 4.78 is 2.32. The molecular formula is C26H16Cl2N2. The SMILES string of the molecule is Clc1[nH]c2ccc(-c3ccc4c(c3)c3ccccc3n4-c3ccccc3)cc2c1Cl. The quantitative estimate of drug-likeness (QED) is 0.287. The Morgan fingerprint density at radius 2 is 1.27 bits per heavy atom. The minimum atomic E-state index is 0.477. The van der Waals surface area contributed by atoms with Gasteiger partial charge in [0.25, 0.3) is 0 Å². The van der Waals surface area contributed by atoms with Crippen LogP contribution < -0.4 is 0 Å². The first-order chi connectivity index (χ1) is 14.7. The normalized spacial score (nSPS) is 11.7. The molecule has 144 valence electrons. The number of H-pyrrole nitrogens is 1. The fourth-order valence-electron chi connectivity index (χ4n) is 4.31. The van der Waals surface area contributed by atoms with Crippen LogP contribution in [0.15, 0.2) is 91.0 Å². The molecule has 4 aromatic carbocycles. The van der Waals surface area contributed by atoms with E-state index in [4.69, 9.17) is 23.2 Å². The lowest BCUT2D eigenvalue weighted by molar-refractivity contribution is 1.18. The van der Waals surface area contributed by atoms with E-state index in [9.17, 15) is 0 Å². The summed E-state index contributed by atoms with van der Waals surface area (Å²) in [7, 11) is 0. The van der Waals surface area contributed by atoms with Crippen LogP contribution in [-0.2, 0) is 0 Å². The standard InChI is InChI=1S/C26H16Cl2N2/c27-25-21-15-16(10-12-22(21)29-26(25)28)17-11-13-24-20(14-17)19-8-4-5-9-23(19)30(24)18-6-2-1-3-7-18/h1-15,29H. The first-order valence-electron chi connectivity index (χ1n) is 9.76. The number of nitrogens with zero attached hydrogens (tertiary/aromatic N) is 1. The van der Waals surface area contributed by atoms with Crippen molar-refractivity contribution < 1.29 is 0 Å². The van der Waals surface area contributed by atoms with Crippen molar-refractivity contribution in [3.8, 4) is 16.8 Å². The molecule has 4 heteroatoms. The lowest BCUT2D eigenvalue weighted by atomic mass is 10.0. The molecule has 0 radical (unpaired) electrons. The molecule has 0 aliphatic heterocycles. The van der Waals surface area contributed by atoms with Gasteiger partial charge in [0.1, 0.15) is 5.15 Å². The molecule has 0 saturated heterocycles. The molecule has 2 heterocycles. The Balaban J connectivity index is 1.62. The maximum atomic E-state index is 6.38. The van der Waals surface area contributed by atoms with Crippen LogP contribution in [0.2, 0.25) is 10.2 Å². The van der Waals surface area contributed by atoms with Gasteiger partial charge in [-0.25, -0.2) is 0 Å². The fourth-order valence-corrected chi connectivity index (χ4v) is 4.72. The second-order valence-electron chi connectivity index (χ2n) is 7.43. The van der Waals surface area contributed by atoms with Crippen LogP contribution in [0.4, 0.5) is 0 Å². The molecule has 0 bridgehead atoms. The van der Waals surface area contributed by atoms with Crippen LogP contribution in [-0.4, -0.2) is 9.55 Å². The summed E-state index contributed by atoms with van der Waals surface area (Å²) in [6, 6.07) is 31.9. The Morgan fingerprint density at radius 3 is 2.10 bits per heavy atom. The smallest absolute Gasteiger partial charge is 0.126 e. The van der Waals surface area contributed by atoms with Crippen LogP contribution >= 0.6 is 23.2 Å². The number of aromatic amines is 1. The van der Waals surface area contributed by atoms with E-state index in [-0.39, 0.29) is 0 Å². The molecule has 0 saturated carbocycles. The van der Waals surface area contributed by atoms with E-state index in [0.717, 1.165) is 27.7 Å². The molecule has 0 spiro atoms. The van der Waals surface area contributed by atoms with Crippen LogP contribution in [0.1, 0.15) is 0 Å². The number of hydrogen-bond donors (Lipinski definition) is 1. The third kappa shape index (κ3) is 2.58. The zero-order valence-corrected chi connectivity index (χ0v) is 17.4. The van der Waals surface area contributed by atoms with Gasteiger partial charge in [0.05, 0.1) is 16.1 Å². The summed E-state index contributed by atoms with van der Waals surface area (Å²) in [5.74, 6) is 0. The number of benzene rings is 4. The highest BCUT2D eigenvalue weighted by molar-refractivity contribution is 6.45. The van der Waals surface area contributed by atoms with E-state index in [1.807, 2.05) is 12.1 Å². The number of rotatable bonds is 2. The van der Waals surface area contributed by atoms with Gasteiger partial charge in [-0.05, 0) is 53.6 Å². The van der Waals surface area contributed by atoms with Crippen molar-refractivity contribution in [2.75, 3.05) is 0 Å². The molecule has 6 aromatic rings. The van der Waals surface area contributed by atoms with E-state index in [1.54, 1.807) is 0 Å². The van der Waals surface area contributed by atoms with Crippen molar-refractivity contribution in [3.63, 3.8) is 0 Å². The van der Waals surface area contributed by atoms with Crippen molar-refractivity contribution in [1.29, 1.82) is 0 Å². The van der Waals surface area contributed by atoms with Crippen LogP contribution in [0, 0.1) is 0 Å². The van der Waals surface area contributed by atoms with E-state index >= 15 is 0 Å². The fraction of sp³-hybridized carbons (Fsp3) is 0. The summed E-state index contributed by atoms with van der Waals surface area (Å²) in [5, 5.41) is 4.44. The molecule has 0 fully saturated rings. The Bertz CT molecular complexity index is 1560. The molecule has 0 amide bonds. The third-order valence-corrected chi connectivity index (χ3v) is 6.49. The van der Waals surface area contributed by atoms with Crippen LogP contribution in [0.25, 0.3) is 49.5 Å². The molecule has 30 heavy (non-hydrogen) atoms. The van der Waals surface area contributed by atoms with Crippen LogP contribution in [0.3, 0.4) is 0 Å². The topological polar surface area (TPSA) is 20.7 Å². The molecular weight excluding hydrogens is 411 g/mol. The van der Waals surface area contributed by atoms with Crippen molar-refractivity contribution in [2.45, 2.75) is 0 Å². The van der Waals surface area contributed by atoms with Crippen molar-refractivity contribution >= 4 is 55.9 Å². The highest BCUT2D eigenvalue weighted by atomic mass is 35.5. The number of fused-ring (bicyclic) bond motifs is 4. The second-order valence-corrected chi connectivity index (χ2v) is 8.19. The minimum Gasteiger partial charge on any atom is -0.344 e. The number of nitrogens with one attached hydrogen (secondary N) is 1. The van der Waals surface area contributed by atoms with E-state index in [2.05, 4.69) is 88.4 Å². The Labute approximate surface area is 183 Å². The predicted molar refractivity (Wildman–Crippen MR) is 128 cm³/mol. The van der Waals surface area contributed by atoms with Gasteiger partial charge >= 0.3 is 0 Å². The Kier molecular flexibility index (Phi) is 3.92. The van der Waals surface area contributed by atoms with Gasteiger partial charge in [0.15, 0.2) is 0 Å². The first-order valence-corrected chi connectivity index (χ1v) is 10.5. The van der Waals surface area contributed by atoms with Gasteiger partial charge in [-0.15, -0.1) is 0 Å². The van der Waals surface area contributed by atoms with Gasteiger partial charge < -0.3 is 9.55 Å². The Morgan fingerprint density at radius 1 is 0.600 bits per heavy atom. The number of hydrogen-bond acceptors (Lipinski definition) is 0. The number of aromatic nitrogens is 2. The first kappa shape index (κ1) is 17.6. The van der Waals surface area contributed by atoms with E-state index < -0.39 is 0 Å². The van der Waals surface area contributed by atoms with E-state index in [1.165, 1.54) is 21.8 Å². The van der Waals surface area contributed by atoms with Crippen molar-refractivity contribution in [3.05, 3.63) is 101 Å². The lowest BCUT2D eigenvalue weighted by Gasteiger charge is -2.08. The summed E-state index contributed by atoms with van der Waals surface area (Å²) >= 11 is 12.5. The Hall–Kier alpha value is -3.20. The highest BCUT2D eigenvalue weighted by Crippen LogP contribution is 2.37. The number of para-hydroxylation sites is 2. The molecule has 6 rings (SSSR count). The maximum absolute atomic E-state index is 6.38. The van der Waals surface area contributed by atoms with Gasteiger partial charge in [0, 0.05) is 27.4 Å². The van der Waals surface area contributed by atoms with Crippen LogP contribution in [0.5, 0.6) is 0 Å². The van der Waals surface area contributed by atoms with E-state index in [0.29, 0.717) is 10.2 Å². The molecule has 0 unspecified atom stereocenters. The monoisotopic (exact) mass is 426 g/mol. The van der Waals surface area contributed by atoms with Crippen molar-refractivity contribution in [2.24, 2.45) is 0 Å². The molecule has 0 aliphatic carbocycles. The molecule has 0 aliphatic rings. The average Bonchev–Trinajstić information content (AvgIpc) is 3.27. The number of halogens is 2. The summed E-state index contributed by atoms with van der Waals surface area (Å²) in [6.07, 6.45) is 0. The largest absolute Gasteiger partial charge is 0.344 e. The predicted octanol–water partition coefficient (Wildman–Crippen LogP) is 8.24. The highest BCUT2D eigenvalue weighted by Gasteiger charge is 2.14. The average molecular weight is 427 g/mol. The molecule has 0 atom stereocenters. The van der Waals surface area contributed by atoms with Gasteiger partial charge in [-0.2, -0.15) is 0 Å². The third-order valence-electron chi connectivity index (χ3n) is 5.71. The zero-order chi connectivity index (χ0) is 20.2. The van der Waals surface area contributed by atoms with Crippen molar-refractivity contribution in [1.82, 2.24) is 9.55 Å². The minimum absolute atomic E-state index is 0.477.